The number of anilines is 1. The van der Waals surface area contributed by atoms with E-state index in [1.807, 2.05) is 0 Å². The number of amides is 2. The molecule has 0 bridgehead atoms. The Morgan fingerprint density at radius 1 is 1.17 bits per heavy atom. The normalized spacial score (nSPS) is 17.2. The molecule has 3 N–H and O–H groups in total. The standard InChI is InChI=1S/C17H23FN2O3/c1-12-10-13(6-7-14(12)18)20-16(22)15(21)19-11-17(23)8-4-2-3-5-9-17/h6-7,10,23H,2-5,8-9,11H2,1H3,(H,19,21)(H,20,22). The van der Waals surface area contributed by atoms with E-state index in [9.17, 15) is 19.1 Å². The maximum Gasteiger partial charge on any atom is 0.313 e. The van der Waals surface area contributed by atoms with Crippen molar-refractivity contribution >= 4 is 17.5 Å². The summed E-state index contributed by atoms with van der Waals surface area (Å²) in [5.74, 6) is -2.00. The lowest BCUT2D eigenvalue weighted by molar-refractivity contribution is -0.136. The number of carbonyl (C=O) groups excluding carboxylic acids is 2. The summed E-state index contributed by atoms with van der Waals surface area (Å²) in [5.41, 5.74) is -0.188. The molecule has 2 amide bonds. The molecule has 0 heterocycles. The van der Waals surface area contributed by atoms with Crippen molar-refractivity contribution < 1.29 is 19.1 Å². The largest absolute Gasteiger partial charge is 0.388 e. The van der Waals surface area contributed by atoms with Gasteiger partial charge in [0.25, 0.3) is 0 Å². The van der Waals surface area contributed by atoms with Crippen LogP contribution < -0.4 is 10.6 Å². The van der Waals surface area contributed by atoms with Crippen LogP contribution in [0.1, 0.15) is 44.1 Å². The lowest BCUT2D eigenvalue weighted by atomic mass is 9.94. The topological polar surface area (TPSA) is 78.4 Å². The number of carbonyl (C=O) groups is 2. The summed E-state index contributed by atoms with van der Waals surface area (Å²) < 4.78 is 13.2. The Kier molecular flexibility index (Phi) is 5.71. The Bertz CT molecular complexity index is 581. The molecule has 2 rings (SSSR count). The molecule has 23 heavy (non-hydrogen) atoms. The first-order chi connectivity index (χ1) is 10.9. The van der Waals surface area contributed by atoms with Gasteiger partial charge in [-0.15, -0.1) is 0 Å². The number of hydrogen-bond acceptors (Lipinski definition) is 3. The maximum atomic E-state index is 13.2. The zero-order chi connectivity index (χ0) is 16.9. The van der Waals surface area contributed by atoms with Crippen molar-refractivity contribution in [2.45, 2.75) is 51.0 Å². The van der Waals surface area contributed by atoms with Gasteiger partial charge in [0.15, 0.2) is 0 Å². The molecule has 0 atom stereocenters. The van der Waals surface area contributed by atoms with Crippen LogP contribution in [0.3, 0.4) is 0 Å². The molecule has 0 spiro atoms. The van der Waals surface area contributed by atoms with E-state index < -0.39 is 17.4 Å². The molecule has 6 heteroatoms. The van der Waals surface area contributed by atoms with E-state index in [1.54, 1.807) is 6.92 Å². The predicted octanol–water partition coefficient (Wildman–Crippen LogP) is 2.27. The number of nitrogens with one attached hydrogen (secondary N) is 2. The fraction of sp³-hybridized carbons (Fsp3) is 0.529. The van der Waals surface area contributed by atoms with E-state index >= 15 is 0 Å². The van der Waals surface area contributed by atoms with Gasteiger partial charge in [-0.25, -0.2) is 4.39 Å². The lowest BCUT2D eigenvalue weighted by Crippen LogP contribution is -2.46. The Morgan fingerprint density at radius 2 is 1.83 bits per heavy atom. The molecule has 1 aliphatic carbocycles. The van der Waals surface area contributed by atoms with Gasteiger partial charge >= 0.3 is 11.8 Å². The third-order valence-electron chi connectivity index (χ3n) is 4.23. The van der Waals surface area contributed by atoms with Crippen molar-refractivity contribution in [1.29, 1.82) is 0 Å². The zero-order valence-corrected chi connectivity index (χ0v) is 13.3. The average molecular weight is 322 g/mol. The van der Waals surface area contributed by atoms with E-state index in [1.165, 1.54) is 18.2 Å². The minimum absolute atomic E-state index is 0.0711. The van der Waals surface area contributed by atoms with Crippen LogP contribution in [0, 0.1) is 12.7 Å². The summed E-state index contributed by atoms with van der Waals surface area (Å²) in [5, 5.41) is 15.4. The van der Waals surface area contributed by atoms with Crippen LogP contribution in [-0.2, 0) is 9.59 Å². The Hall–Kier alpha value is -1.95. The second-order valence-corrected chi connectivity index (χ2v) is 6.24. The van der Waals surface area contributed by atoms with Gasteiger partial charge in [-0.3, -0.25) is 9.59 Å². The smallest absolute Gasteiger partial charge is 0.313 e. The van der Waals surface area contributed by atoms with Crippen molar-refractivity contribution in [3.8, 4) is 0 Å². The van der Waals surface area contributed by atoms with Crippen molar-refractivity contribution in [3.63, 3.8) is 0 Å². The molecule has 1 aliphatic rings. The molecular formula is C17H23FN2O3. The van der Waals surface area contributed by atoms with Crippen LogP contribution in [0.2, 0.25) is 0 Å². The minimum Gasteiger partial charge on any atom is -0.388 e. The van der Waals surface area contributed by atoms with E-state index in [-0.39, 0.29) is 12.4 Å². The summed E-state index contributed by atoms with van der Waals surface area (Å²) in [6.45, 7) is 1.65. The number of benzene rings is 1. The number of aliphatic hydroxyl groups is 1. The molecule has 0 saturated heterocycles. The van der Waals surface area contributed by atoms with Gasteiger partial charge in [0.1, 0.15) is 5.82 Å². The second-order valence-electron chi connectivity index (χ2n) is 6.24. The molecule has 0 aromatic heterocycles. The van der Waals surface area contributed by atoms with E-state index in [0.717, 1.165) is 25.7 Å². The van der Waals surface area contributed by atoms with Gasteiger partial charge in [0, 0.05) is 12.2 Å². The molecule has 126 valence electrons. The van der Waals surface area contributed by atoms with Crippen LogP contribution in [0.5, 0.6) is 0 Å². The second kappa shape index (κ2) is 7.55. The van der Waals surface area contributed by atoms with Gasteiger partial charge in [-0.05, 0) is 43.5 Å². The third kappa shape index (κ3) is 5.03. The molecular weight excluding hydrogens is 299 g/mol. The summed E-state index contributed by atoms with van der Waals surface area (Å²) in [6, 6.07) is 4.09. The molecule has 0 unspecified atom stereocenters. The summed E-state index contributed by atoms with van der Waals surface area (Å²) in [6.07, 6.45) is 5.28. The van der Waals surface area contributed by atoms with E-state index in [2.05, 4.69) is 10.6 Å². The highest BCUT2D eigenvalue weighted by Gasteiger charge is 2.29. The predicted molar refractivity (Wildman–Crippen MR) is 85.4 cm³/mol. The van der Waals surface area contributed by atoms with Gasteiger partial charge in [-0.1, -0.05) is 25.7 Å². The molecule has 0 aliphatic heterocycles. The monoisotopic (exact) mass is 322 g/mol. The first-order valence-corrected chi connectivity index (χ1v) is 7.97. The highest BCUT2D eigenvalue weighted by Crippen LogP contribution is 2.26. The van der Waals surface area contributed by atoms with Crippen molar-refractivity contribution in [1.82, 2.24) is 5.32 Å². The summed E-state index contributed by atoms with van der Waals surface area (Å²) >= 11 is 0. The number of hydrogen-bond donors (Lipinski definition) is 3. The minimum atomic E-state index is -0.932. The third-order valence-corrected chi connectivity index (χ3v) is 4.23. The highest BCUT2D eigenvalue weighted by atomic mass is 19.1. The van der Waals surface area contributed by atoms with Gasteiger partial charge in [0.05, 0.1) is 5.60 Å². The lowest BCUT2D eigenvalue weighted by Gasteiger charge is -2.26. The maximum absolute atomic E-state index is 13.2. The number of halogens is 1. The fourth-order valence-corrected chi connectivity index (χ4v) is 2.80. The molecule has 1 saturated carbocycles. The molecule has 1 fully saturated rings. The quantitative estimate of drug-likeness (QED) is 0.590. The number of aryl methyl sites for hydroxylation is 1. The number of rotatable bonds is 3. The first-order valence-electron chi connectivity index (χ1n) is 7.97. The Labute approximate surface area is 135 Å². The van der Waals surface area contributed by atoms with Crippen molar-refractivity contribution in [3.05, 3.63) is 29.6 Å². The van der Waals surface area contributed by atoms with Gasteiger partial charge < -0.3 is 15.7 Å². The van der Waals surface area contributed by atoms with Crippen LogP contribution in [0.4, 0.5) is 10.1 Å². The first kappa shape index (κ1) is 17.4. The zero-order valence-electron chi connectivity index (χ0n) is 13.3. The SMILES string of the molecule is Cc1cc(NC(=O)C(=O)NCC2(O)CCCCCC2)ccc1F. The fourth-order valence-electron chi connectivity index (χ4n) is 2.80. The van der Waals surface area contributed by atoms with Crippen LogP contribution in [-0.4, -0.2) is 29.1 Å². The summed E-state index contributed by atoms with van der Waals surface area (Å²) in [4.78, 5) is 23.7. The molecule has 5 nitrogen and oxygen atoms in total. The van der Waals surface area contributed by atoms with Crippen LogP contribution in [0.15, 0.2) is 18.2 Å². The average Bonchev–Trinajstić information content (AvgIpc) is 2.74. The molecule has 1 aromatic rings. The van der Waals surface area contributed by atoms with Crippen LogP contribution >= 0.6 is 0 Å². The van der Waals surface area contributed by atoms with Crippen LogP contribution in [0.25, 0.3) is 0 Å². The van der Waals surface area contributed by atoms with Crippen molar-refractivity contribution in [2.24, 2.45) is 0 Å². The Morgan fingerprint density at radius 3 is 2.43 bits per heavy atom. The van der Waals surface area contributed by atoms with Gasteiger partial charge in [0.2, 0.25) is 0 Å². The molecule has 1 aromatic carbocycles. The van der Waals surface area contributed by atoms with E-state index in [4.69, 9.17) is 0 Å². The van der Waals surface area contributed by atoms with Gasteiger partial charge in [-0.2, -0.15) is 0 Å². The Balaban J connectivity index is 1.87. The highest BCUT2D eigenvalue weighted by molar-refractivity contribution is 6.39. The molecule has 0 radical (unpaired) electrons. The van der Waals surface area contributed by atoms with E-state index in [0.29, 0.717) is 24.1 Å². The van der Waals surface area contributed by atoms with Crippen molar-refractivity contribution in [2.75, 3.05) is 11.9 Å². The summed E-state index contributed by atoms with van der Waals surface area (Å²) in [7, 11) is 0.